The molecule has 94 valence electrons. The van der Waals surface area contributed by atoms with Crippen LogP contribution in [0.15, 0.2) is 12.1 Å². The van der Waals surface area contributed by atoms with Crippen LogP contribution in [0.5, 0.6) is 0 Å². The number of nitrogens with zero attached hydrogens (tertiary/aromatic N) is 1. The predicted octanol–water partition coefficient (Wildman–Crippen LogP) is 2.48. The van der Waals surface area contributed by atoms with Gasteiger partial charge in [0.05, 0.1) is 5.69 Å². The third kappa shape index (κ3) is 2.81. The van der Waals surface area contributed by atoms with Crippen LogP contribution in [0.1, 0.15) is 33.1 Å². The quantitative estimate of drug-likeness (QED) is 0.734. The Morgan fingerprint density at radius 2 is 1.94 bits per heavy atom. The maximum atomic E-state index is 5.70. The number of aromatic nitrogens is 1. The van der Waals surface area contributed by atoms with Crippen molar-refractivity contribution in [3.63, 3.8) is 0 Å². The Morgan fingerprint density at radius 3 is 2.59 bits per heavy atom. The lowest BCUT2D eigenvalue weighted by atomic mass is 9.79. The van der Waals surface area contributed by atoms with Gasteiger partial charge in [0, 0.05) is 6.04 Å². The lowest BCUT2D eigenvalue weighted by Gasteiger charge is -2.32. The van der Waals surface area contributed by atoms with E-state index in [9.17, 15) is 0 Å². The Hall–Kier alpha value is -1.45. The second kappa shape index (κ2) is 4.82. The molecular weight excluding hydrogens is 212 g/mol. The van der Waals surface area contributed by atoms with Crippen LogP contribution >= 0.6 is 0 Å². The van der Waals surface area contributed by atoms with Crippen LogP contribution in [0.25, 0.3) is 0 Å². The molecule has 1 aliphatic rings. The summed E-state index contributed by atoms with van der Waals surface area (Å²) < 4.78 is 0. The minimum Gasteiger partial charge on any atom is -0.396 e. The molecule has 1 aromatic rings. The molecule has 1 aromatic heterocycles. The fourth-order valence-corrected chi connectivity index (χ4v) is 2.45. The summed E-state index contributed by atoms with van der Waals surface area (Å²) in [6, 6.07) is 4.21. The Morgan fingerprint density at radius 1 is 1.18 bits per heavy atom. The highest BCUT2D eigenvalue weighted by molar-refractivity contribution is 5.61. The number of rotatable bonds is 2. The molecule has 0 radical (unpaired) electrons. The van der Waals surface area contributed by atoms with Gasteiger partial charge < -0.3 is 16.8 Å². The molecule has 1 fully saturated rings. The van der Waals surface area contributed by atoms with Crippen molar-refractivity contribution in [1.29, 1.82) is 0 Å². The molecule has 0 aromatic carbocycles. The first-order valence-corrected chi connectivity index (χ1v) is 6.34. The number of hydrogen-bond donors (Lipinski definition) is 3. The highest BCUT2D eigenvalue weighted by Crippen LogP contribution is 2.31. The van der Waals surface area contributed by atoms with E-state index in [1.54, 1.807) is 6.07 Å². The van der Waals surface area contributed by atoms with Crippen molar-refractivity contribution < 1.29 is 0 Å². The fourth-order valence-electron chi connectivity index (χ4n) is 2.45. The zero-order valence-corrected chi connectivity index (χ0v) is 10.6. The van der Waals surface area contributed by atoms with Crippen molar-refractivity contribution in [2.75, 3.05) is 16.8 Å². The van der Waals surface area contributed by atoms with E-state index in [1.165, 1.54) is 19.3 Å². The minimum atomic E-state index is 0.409. The number of anilines is 3. The van der Waals surface area contributed by atoms with Gasteiger partial charge in [0.2, 0.25) is 0 Å². The minimum absolute atomic E-state index is 0.409. The number of nitrogens with one attached hydrogen (secondary N) is 1. The largest absolute Gasteiger partial charge is 0.396 e. The molecule has 3 unspecified atom stereocenters. The second-order valence-corrected chi connectivity index (χ2v) is 5.28. The number of nitrogen functional groups attached to an aromatic ring is 2. The molecule has 3 atom stereocenters. The van der Waals surface area contributed by atoms with Crippen molar-refractivity contribution >= 4 is 17.3 Å². The van der Waals surface area contributed by atoms with Crippen LogP contribution in [0, 0.1) is 11.8 Å². The standard InChI is InChI=1S/C13H22N4/c1-8-3-4-10(7-9(8)2)16-12-6-5-11(14)13(15)17-12/h5-6,8-10H,3-4,7,14H2,1-2H3,(H3,15,16,17). The van der Waals surface area contributed by atoms with Gasteiger partial charge in [0.25, 0.3) is 0 Å². The second-order valence-electron chi connectivity index (χ2n) is 5.28. The fraction of sp³-hybridized carbons (Fsp3) is 0.615. The first-order chi connectivity index (χ1) is 8.06. The van der Waals surface area contributed by atoms with E-state index in [0.717, 1.165) is 17.7 Å². The normalized spacial score (nSPS) is 28.9. The molecule has 4 nitrogen and oxygen atoms in total. The summed E-state index contributed by atoms with van der Waals surface area (Å²) in [4.78, 5) is 4.25. The maximum Gasteiger partial charge on any atom is 0.149 e. The average Bonchev–Trinajstić information content (AvgIpc) is 2.29. The van der Waals surface area contributed by atoms with Gasteiger partial charge in [-0.05, 0) is 43.2 Å². The summed E-state index contributed by atoms with van der Waals surface area (Å²) in [5.74, 6) is 2.85. The van der Waals surface area contributed by atoms with Crippen molar-refractivity contribution in [2.45, 2.75) is 39.2 Å². The zero-order chi connectivity index (χ0) is 12.4. The average molecular weight is 234 g/mol. The van der Waals surface area contributed by atoms with Crippen LogP contribution in [0.4, 0.5) is 17.3 Å². The van der Waals surface area contributed by atoms with Gasteiger partial charge in [-0.3, -0.25) is 0 Å². The van der Waals surface area contributed by atoms with E-state index >= 15 is 0 Å². The molecule has 0 spiro atoms. The van der Waals surface area contributed by atoms with E-state index < -0.39 is 0 Å². The summed E-state index contributed by atoms with van der Waals surface area (Å²) >= 11 is 0. The van der Waals surface area contributed by atoms with E-state index in [2.05, 4.69) is 24.1 Å². The van der Waals surface area contributed by atoms with Crippen LogP contribution in [0.3, 0.4) is 0 Å². The maximum absolute atomic E-state index is 5.70. The van der Waals surface area contributed by atoms with Crippen LogP contribution < -0.4 is 16.8 Å². The Labute approximate surface area is 103 Å². The summed E-state index contributed by atoms with van der Waals surface area (Å²) in [7, 11) is 0. The third-order valence-corrected chi connectivity index (χ3v) is 3.91. The number of hydrogen-bond acceptors (Lipinski definition) is 4. The number of pyridine rings is 1. The van der Waals surface area contributed by atoms with E-state index in [4.69, 9.17) is 11.5 Å². The molecule has 0 aliphatic heterocycles. The molecule has 0 amide bonds. The molecule has 2 rings (SSSR count). The molecule has 17 heavy (non-hydrogen) atoms. The summed E-state index contributed by atoms with van der Waals surface area (Å²) in [5, 5.41) is 3.45. The zero-order valence-electron chi connectivity index (χ0n) is 10.6. The monoisotopic (exact) mass is 234 g/mol. The highest BCUT2D eigenvalue weighted by Gasteiger charge is 2.24. The predicted molar refractivity (Wildman–Crippen MR) is 72.7 cm³/mol. The lowest BCUT2D eigenvalue weighted by Crippen LogP contribution is -2.30. The van der Waals surface area contributed by atoms with Gasteiger partial charge in [-0.25, -0.2) is 4.98 Å². The molecule has 1 aliphatic carbocycles. The first-order valence-electron chi connectivity index (χ1n) is 6.34. The first kappa shape index (κ1) is 12.0. The van der Waals surface area contributed by atoms with Gasteiger partial charge >= 0.3 is 0 Å². The molecule has 1 saturated carbocycles. The van der Waals surface area contributed by atoms with Crippen molar-refractivity contribution in [3.8, 4) is 0 Å². The van der Waals surface area contributed by atoms with Gasteiger partial charge in [-0.15, -0.1) is 0 Å². The van der Waals surface area contributed by atoms with Gasteiger partial charge in [-0.2, -0.15) is 0 Å². The summed E-state index contributed by atoms with van der Waals surface area (Å²) in [5.41, 5.74) is 11.9. The van der Waals surface area contributed by atoms with Crippen molar-refractivity contribution in [2.24, 2.45) is 11.8 Å². The molecule has 0 saturated heterocycles. The van der Waals surface area contributed by atoms with Gasteiger partial charge in [0.15, 0.2) is 0 Å². The lowest BCUT2D eigenvalue weighted by molar-refractivity contribution is 0.260. The number of nitrogens with two attached hydrogens (primary N) is 2. The Kier molecular flexibility index (Phi) is 3.41. The van der Waals surface area contributed by atoms with E-state index in [-0.39, 0.29) is 0 Å². The smallest absolute Gasteiger partial charge is 0.149 e. The summed E-state index contributed by atoms with van der Waals surface area (Å²) in [6.45, 7) is 4.66. The van der Waals surface area contributed by atoms with Crippen molar-refractivity contribution in [3.05, 3.63) is 12.1 Å². The molecular formula is C13H22N4. The molecule has 1 heterocycles. The third-order valence-electron chi connectivity index (χ3n) is 3.91. The van der Waals surface area contributed by atoms with Crippen molar-refractivity contribution in [1.82, 2.24) is 4.98 Å². The highest BCUT2D eigenvalue weighted by atomic mass is 15.0. The van der Waals surface area contributed by atoms with Crippen LogP contribution in [-0.4, -0.2) is 11.0 Å². The SMILES string of the molecule is CC1CCC(Nc2ccc(N)c(N)n2)CC1C. The van der Waals surface area contributed by atoms with Crippen LogP contribution in [-0.2, 0) is 0 Å². The molecule has 5 N–H and O–H groups in total. The topological polar surface area (TPSA) is 77.0 Å². The molecule has 0 bridgehead atoms. The molecule has 4 heteroatoms. The Balaban J connectivity index is 1.99. The van der Waals surface area contributed by atoms with Gasteiger partial charge in [0.1, 0.15) is 11.6 Å². The van der Waals surface area contributed by atoms with Gasteiger partial charge in [-0.1, -0.05) is 13.8 Å². The van der Waals surface area contributed by atoms with E-state index in [0.29, 0.717) is 17.5 Å². The summed E-state index contributed by atoms with van der Waals surface area (Å²) in [6.07, 6.45) is 3.69. The van der Waals surface area contributed by atoms with Crippen LogP contribution in [0.2, 0.25) is 0 Å². The Bertz CT molecular complexity index is 391. The van der Waals surface area contributed by atoms with E-state index in [1.807, 2.05) is 6.07 Å².